The molecule has 1 aromatic carbocycles. The average Bonchev–Trinajstić information content (AvgIpc) is 2.91. The molecule has 0 atom stereocenters. The van der Waals surface area contributed by atoms with E-state index in [1.807, 2.05) is 32.0 Å². The van der Waals surface area contributed by atoms with Gasteiger partial charge in [0.2, 0.25) is 0 Å². The summed E-state index contributed by atoms with van der Waals surface area (Å²) in [6, 6.07) is 9.37. The summed E-state index contributed by atoms with van der Waals surface area (Å²) in [5.41, 5.74) is 4.05. The van der Waals surface area contributed by atoms with Crippen LogP contribution in [0.15, 0.2) is 42.7 Å². The van der Waals surface area contributed by atoms with Crippen molar-refractivity contribution in [1.82, 2.24) is 14.6 Å². The number of amides is 1. The molecule has 0 aliphatic heterocycles. The lowest BCUT2D eigenvalue weighted by molar-refractivity contribution is 0.101. The van der Waals surface area contributed by atoms with Crippen LogP contribution in [0.1, 0.15) is 21.6 Å². The van der Waals surface area contributed by atoms with Crippen molar-refractivity contribution in [3.63, 3.8) is 0 Å². The molecule has 0 aliphatic carbocycles. The maximum atomic E-state index is 12.4. The number of aromatic nitrogens is 3. The van der Waals surface area contributed by atoms with E-state index in [0.29, 0.717) is 11.3 Å². The number of carbonyl (C=O) groups is 1. The lowest BCUT2D eigenvalue weighted by Crippen LogP contribution is -2.17. The highest BCUT2D eigenvalue weighted by atomic mass is 16.2. The predicted octanol–water partition coefficient (Wildman–Crippen LogP) is 2.60. The maximum absolute atomic E-state index is 12.4. The molecule has 0 aliphatic rings. The van der Waals surface area contributed by atoms with Crippen molar-refractivity contribution in [1.29, 1.82) is 0 Å². The summed E-state index contributed by atoms with van der Waals surface area (Å²) >= 11 is 0. The maximum Gasteiger partial charge on any atom is 0.274 e. The zero-order valence-electron chi connectivity index (χ0n) is 11.3. The molecule has 1 amide bonds. The van der Waals surface area contributed by atoms with Crippen LogP contribution in [0.25, 0.3) is 5.65 Å². The molecular formula is C15H14N4O. The van der Waals surface area contributed by atoms with Gasteiger partial charge in [-0.15, -0.1) is 0 Å². The highest BCUT2D eigenvalue weighted by Crippen LogP contribution is 2.17. The van der Waals surface area contributed by atoms with Crippen molar-refractivity contribution in [2.75, 3.05) is 5.32 Å². The molecule has 20 heavy (non-hydrogen) atoms. The number of rotatable bonds is 2. The van der Waals surface area contributed by atoms with Gasteiger partial charge in [0.15, 0.2) is 5.65 Å². The molecule has 0 saturated heterocycles. The van der Waals surface area contributed by atoms with Gasteiger partial charge in [-0.3, -0.25) is 4.79 Å². The summed E-state index contributed by atoms with van der Waals surface area (Å²) in [6.07, 6.45) is 3.23. The summed E-state index contributed by atoms with van der Waals surface area (Å²) in [5.74, 6) is -0.199. The lowest BCUT2D eigenvalue weighted by atomic mass is 10.1. The summed E-state index contributed by atoms with van der Waals surface area (Å²) in [6.45, 7) is 3.96. The summed E-state index contributed by atoms with van der Waals surface area (Å²) < 4.78 is 1.53. The van der Waals surface area contributed by atoms with E-state index in [1.165, 1.54) is 4.52 Å². The van der Waals surface area contributed by atoms with Gasteiger partial charge in [-0.25, -0.2) is 9.50 Å². The number of nitrogens with one attached hydrogen (secondary N) is 1. The fraction of sp³-hybridized carbons (Fsp3) is 0.133. The largest absolute Gasteiger partial charge is 0.320 e. The summed E-state index contributed by atoms with van der Waals surface area (Å²) in [4.78, 5) is 16.5. The van der Waals surface area contributed by atoms with Gasteiger partial charge in [0.25, 0.3) is 5.91 Å². The van der Waals surface area contributed by atoms with Gasteiger partial charge >= 0.3 is 0 Å². The van der Waals surface area contributed by atoms with Crippen LogP contribution in [0.5, 0.6) is 0 Å². The van der Waals surface area contributed by atoms with E-state index in [-0.39, 0.29) is 5.91 Å². The Kier molecular flexibility index (Phi) is 2.95. The first-order chi connectivity index (χ1) is 9.65. The number of anilines is 1. The molecule has 2 aromatic heterocycles. The minimum Gasteiger partial charge on any atom is -0.320 e. The Morgan fingerprint density at radius 1 is 1.15 bits per heavy atom. The molecule has 0 unspecified atom stereocenters. The fourth-order valence-electron chi connectivity index (χ4n) is 2.06. The Hall–Kier alpha value is -2.69. The van der Waals surface area contributed by atoms with E-state index in [0.717, 1.165) is 16.8 Å². The number of aryl methyl sites for hydroxylation is 2. The zero-order valence-corrected chi connectivity index (χ0v) is 11.3. The Labute approximate surface area is 116 Å². The monoisotopic (exact) mass is 266 g/mol. The van der Waals surface area contributed by atoms with E-state index in [9.17, 15) is 4.79 Å². The minimum absolute atomic E-state index is 0.199. The van der Waals surface area contributed by atoms with E-state index < -0.39 is 0 Å². The Morgan fingerprint density at radius 3 is 2.85 bits per heavy atom. The molecule has 1 N–H and O–H groups in total. The second-order valence-electron chi connectivity index (χ2n) is 4.70. The quantitative estimate of drug-likeness (QED) is 0.775. The molecule has 2 heterocycles. The van der Waals surface area contributed by atoms with Crippen LogP contribution in [0, 0.1) is 13.8 Å². The second kappa shape index (κ2) is 4.77. The topological polar surface area (TPSA) is 59.3 Å². The fourth-order valence-corrected chi connectivity index (χ4v) is 2.06. The standard InChI is InChI=1S/C15H14N4O/c1-10-3-4-11(2)12(9-10)18-15(20)13-5-7-16-14-6-8-17-19(13)14/h3-9H,1-2H3,(H,18,20). The minimum atomic E-state index is -0.199. The zero-order chi connectivity index (χ0) is 14.1. The van der Waals surface area contributed by atoms with Crippen LogP contribution >= 0.6 is 0 Å². The summed E-state index contributed by atoms with van der Waals surface area (Å²) in [7, 11) is 0. The van der Waals surface area contributed by atoms with Gasteiger partial charge in [-0.2, -0.15) is 5.10 Å². The Bertz CT molecular complexity index is 791. The van der Waals surface area contributed by atoms with Gasteiger partial charge in [-0.1, -0.05) is 12.1 Å². The number of benzene rings is 1. The van der Waals surface area contributed by atoms with Gasteiger partial charge in [0, 0.05) is 18.0 Å². The van der Waals surface area contributed by atoms with Crippen molar-refractivity contribution in [3.8, 4) is 0 Å². The first-order valence-electron chi connectivity index (χ1n) is 6.32. The van der Waals surface area contributed by atoms with Crippen molar-refractivity contribution in [2.24, 2.45) is 0 Å². The van der Waals surface area contributed by atoms with Crippen LogP contribution in [0.4, 0.5) is 5.69 Å². The van der Waals surface area contributed by atoms with Gasteiger partial charge in [0.1, 0.15) is 5.69 Å². The third-order valence-corrected chi connectivity index (χ3v) is 3.16. The predicted molar refractivity (Wildman–Crippen MR) is 76.9 cm³/mol. The third-order valence-electron chi connectivity index (χ3n) is 3.16. The lowest BCUT2D eigenvalue weighted by Gasteiger charge is -2.10. The van der Waals surface area contributed by atoms with Gasteiger partial charge in [0.05, 0.1) is 6.20 Å². The number of hydrogen-bond acceptors (Lipinski definition) is 3. The molecule has 100 valence electrons. The van der Waals surface area contributed by atoms with Crippen molar-refractivity contribution < 1.29 is 4.79 Å². The van der Waals surface area contributed by atoms with E-state index in [1.54, 1.807) is 24.5 Å². The average molecular weight is 266 g/mol. The number of nitrogens with zero attached hydrogens (tertiary/aromatic N) is 3. The van der Waals surface area contributed by atoms with Crippen LogP contribution in [0.2, 0.25) is 0 Å². The van der Waals surface area contributed by atoms with Crippen LogP contribution in [0.3, 0.4) is 0 Å². The van der Waals surface area contributed by atoms with E-state index in [4.69, 9.17) is 0 Å². The Morgan fingerprint density at radius 2 is 2.00 bits per heavy atom. The van der Waals surface area contributed by atoms with E-state index >= 15 is 0 Å². The van der Waals surface area contributed by atoms with Gasteiger partial charge in [-0.05, 0) is 37.1 Å². The van der Waals surface area contributed by atoms with Crippen molar-refractivity contribution in [2.45, 2.75) is 13.8 Å². The molecule has 5 nitrogen and oxygen atoms in total. The van der Waals surface area contributed by atoms with E-state index in [2.05, 4.69) is 15.4 Å². The van der Waals surface area contributed by atoms with Crippen LogP contribution in [-0.2, 0) is 0 Å². The molecular weight excluding hydrogens is 252 g/mol. The molecule has 0 saturated carbocycles. The normalized spacial score (nSPS) is 10.7. The SMILES string of the molecule is Cc1ccc(C)c(NC(=O)c2ccnc3ccnn23)c1. The number of fused-ring (bicyclic) bond motifs is 1. The first kappa shape index (κ1) is 12.3. The molecule has 3 rings (SSSR count). The Balaban J connectivity index is 1.97. The van der Waals surface area contributed by atoms with Crippen LogP contribution in [-0.4, -0.2) is 20.5 Å². The molecule has 0 fully saturated rings. The van der Waals surface area contributed by atoms with Gasteiger partial charge < -0.3 is 5.32 Å². The highest BCUT2D eigenvalue weighted by molar-refractivity contribution is 6.03. The molecule has 0 radical (unpaired) electrons. The number of carbonyl (C=O) groups excluding carboxylic acids is 1. The second-order valence-corrected chi connectivity index (χ2v) is 4.70. The van der Waals surface area contributed by atoms with Crippen molar-refractivity contribution in [3.05, 3.63) is 59.5 Å². The summed E-state index contributed by atoms with van der Waals surface area (Å²) in [5, 5.41) is 7.04. The molecule has 5 heteroatoms. The number of hydrogen-bond donors (Lipinski definition) is 1. The van der Waals surface area contributed by atoms with Crippen LogP contribution < -0.4 is 5.32 Å². The smallest absolute Gasteiger partial charge is 0.274 e. The molecule has 3 aromatic rings. The first-order valence-corrected chi connectivity index (χ1v) is 6.32. The van der Waals surface area contributed by atoms with Crippen molar-refractivity contribution >= 4 is 17.2 Å². The molecule has 0 bridgehead atoms. The molecule has 0 spiro atoms. The third kappa shape index (κ3) is 2.14. The highest BCUT2D eigenvalue weighted by Gasteiger charge is 2.12.